The van der Waals surface area contributed by atoms with E-state index in [4.69, 9.17) is 4.74 Å². The van der Waals surface area contributed by atoms with Gasteiger partial charge in [-0.15, -0.1) is 0 Å². The van der Waals surface area contributed by atoms with Crippen molar-refractivity contribution in [3.8, 4) is 11.3 Å². The van der Waals surface area contributed by atoms with Gasteiger partial charge in [0.25, 0.3) is 0 Å². The lowest BCUT2D eigenvalue weighted by Gasteiger charge is -2.21. The lowest BCUT2D eigenvalue weighted by atomic mass is 9.96. The van der Waals surface area contributed by atoms with Crippen molar-refractivity contribution in [1.82, 2.24) is 9.55 Å². The van der Waals surface area contributed by atoms with Gasteiger partial charge in [-0.1, -0.05) is 32.0 Å². The van der Waals surface area contributed by atoms with E-state index in [-0.39, 0.29) is 12.0 Å². The summed E-state index contributed by atoms with van der Waals surface area (Å²) in [5.74, 6) is 0.252. The summed E-state index contributed by atoms with van der Waals surface area (Å²) in [4.78, 5) is 17.7. The Labute approximate surface area is 161 Å². The first kappa shape index (κ1) is 19.2. The second-order valence-electron chi connectivity index (χ2n) is 8.39. The van der Waals surface area contributed by atoms with Crippen LogP contribution in [0.2, 0.25) is 0 Å². The van der Waals surface area contributed by atoms with Gasteiger partial charge in [-0.2, -0.15) is 0 Å². The molecule has 0 atom stereocenters. The third-order valence-electron chi connectivity index (χ3n) is 4.42. The molecule has 3 aromatic rings. The highest BCUT2D eigenvalue weighted by atomic mass is 16.6. The van der Waals surface area contributed by atoms with Crippen molar-refractivity contribution < 1.29 is 9.53 Å². The molecule has 0 bridgehead atoms. The largest absolute Gasteiger partial charge is 0.443 e. The molecule has 3 rings (SSSR count). The molecule has 142 valence electrons. The number of aryl methyl sites for hydroxylation is 2. The van der Waals surface area contributed by atoms with Gasteiger partial charge < -0.3 is 4.74 Å². The maximum atomic E-state index is 13.2. The number of carbonyl (C=O) groups is 1. The number of hydrogen-bond donors (Lipinski definition) is 0. The van der Waals surface area contributed by atoms with E-state index in [1.165, 1.54) is 0 Å². The molecule has 0 N–H and O–H groups in total. The smallest absolute Gasteiger partial charge is 0.419 e. The second kappa shape index (κ2) is 6.84. The number of ether oxygens (including phenoxy) is 1. The molecule has 0 unspecified atom stereocenters. The van der Waals surface area contributed by atoms with Crippen LogP contribution in [0.25, 0.3) is 22.2 Å². The van der Waals surface area contributed by atoms with Crippen LogP contribution in [0.1, 0.15) is 57.5 Å². The monoisotopic (exact) mass is 364 g/mol. The summed E-state index contributed by atoms with van der Waals surface area (Å²) in [5.41, 5.74) is 5.21. The van der Waals surface area contributed by atoms with Crippen LogP contribution in [0.4, 0.5) is 4.79 Å². The lowest BCUT2D eigenvalue weighted by Crippen LogP contribution is -2.27. The molecule has 27 heavy (non-hydrogen) atoms. The van der Waals surface area contributed by atoms with E-state index in [1.54, 1.807) is 4.57 Å². The Morgan fingerprint density at radius 1 is 1.07 bits per heavy atom. The van der Waals surface area contributed by atoms with E-state index in [1.807, 2.05) is 65.0 Å². The van der Waals surface area contributed by atoms with Gasteiger partial charge in [0.2, 0.25) is 0 Å². The molecule has 2 heterocycles. The third-order valence-corrected chi connectivity index (χ3v) is 4.42. The molecular weight excluding hydrogens is 336 g/mol. The van der Waals surface area contributed by atoms with Gasteiger partial charge in [-0.05, 0) is 64.3 Å². The van der Waals surface area contributed by atoms with E-state index < -0.39 is 5.60 Å². The number of hydrogen-bond acceptors (Lipinski definition) is 3. The normalized spacial score (nSPS) is 12.0. The van der Waals surface area contributed by atoms with Crippen molar-refractivity contribution >= 4 is 17.0 Å². The van der Waals surface area contributed by atoms with Crippen LogP contribution in [0.5, 0.6) is 0 Å². The molecule has 2 aromatic heterocycles. The van der Waals surface area contributed by atoms with Crippen molar-refractivity contribution in [2.24, 2.45) is 0 Å². The molecule has 0 fully saturated rings. The number of fused-ring (bicyclic) bond motifs is 1. The van der Waals surface area contributed by atoms with Crippen LogP contribution < -0.4 is 0 Å². The first-order chi connectivity index (χ1) is 12.6. The average Bonchev–Trinajstić information content (AvgIpc) is 2.87. The van der Waals surface area contributed by atoms with Gasteiger partial charge >= 0.3 is 6.09 Å². The summed E-state index contributed by atoms with van der Waals surface area (Å²) >= 11 is 0. The van der Waals surface area contributed by atoms with E-state index >= 15 is 0 Å². The fourth-order valence-corrected chi connectivity index (χ4v) is 3.60. The Morgan fingerprint density at radius 3 is 2.22 bits per heavy atom. The van der Waals surface area contributed by atoms with Crippen LogP contribution in [-0.4, -0.2) is 21.2 Å². The average molecular weight is 364 g/mol. The molecule has 1 aromatic carbocycles. The van der Waals surface area contributed by atoms with E-state index in [0.717, 1.165) is 39.1 Å². The van der Waals surface area contributed by atoms with Crippen LogP contribution in [0, 0.1) is 13.8 Å². The molecule has 0 saturated carbocycles. The molecule has 4 nitrogen and oxygen atoms in total. The number of nitrogens with zero attached hydrogens (tertiary/aromatic N) is 2. The lowest BCUT2D eigenvalue weighted by molar-refractivity contribution is 0.0547. The molecule has 0 amide bonds. The summed E-state index contributed by atoms with van der Waals surface area (Å²) in [5, 5.41) is 1.08. The van der Waals surface area contributed by atoms with Gasteiger partial charge in [-0.3, -0.25) is 4.98 Å². The van der Waals surface area contributed by atoms with Gasteiger partial charge in [0, 0.05) is 22.3 Å². The maximum Gasteiger partial charge on any atom is 0.419 e. The first-order valence-electron chi connectivity index (χ1n) is 9.41. The second-order valence-corrected chi connectivity index (χ2v) is 8.39. The molecule has 0 aliphatic rings. The van der Waals surface area contributed by atoms with Crippen molar-refractivity contribution in [3.05, 3.63) is 53.3 Å². The number of aromatic nitrogens is 2. The Hall–Kier alpha value is -2.62. The topological polar surface area (TPSA) is 44.1 Å². The molecule has 0 saturated heterocycles. The Morgan fingerprint density at radius 2 is 1.67 bits per heavy atom. The Bertz CT molecular complexity index is 987. The highest BCUT2D eigenvalue weighted by molar-refractivity contribution is 6.00. The van der Waals surface area contributed by atoms with Crippen LogP contribution >= 0.6 is 0 Å². The number of carbonyl (C=O) groups excluding carboxylic acids is 1. The summed E-state index contributed by atoms with van der Waals surface area (Å²) < 4.78 is 7.48. The predicted octanol–water partition coefficient (Wildman–Crippen LogP) is 6.23. The third kappa shape index (κ3) is 3.75. The zero-order chi connectivity index (χ0) is 19.9. The fourth-order valence-electron chi connectivity index (χ4n) is 3.60. The van der Waals surface area contributed by atoms with Crippen molar-refractivity contribution in [2.75, 3.05) is 0 Å². The van der Waals surface area contributed by atoms with Gasteiger partial charge in [0.05, 0.1) is 11.2 Å². The minimum atomic E-state index is -0.568. The number of pyridine rings is 1. The highest BCUT2D eigenvalue weighted by Gasteiger charge is 2.27. The SMILES string of the molecule is Cc1cc(-c2c(C(C)C)c3ccccc3n2C(=O)OC(C)(C)C)cc(C)n1. The van der Waals surface area contributed by atoms with Gasteiger partial charge in [0.1, 0.15) is 5.60 Å². The zero-order valence-electron chi connectivity index (χ0n) is 17.3. The number of rotatable bonds is 2. The predicted molar refractivity (Wildman–Crippen MR) is 110 cm³/mol. The minimum absolute atomic E-state index is 0.252. The number of para-hydroxylation sites is 1. The Balaban J connectivity index is 2.40. The standard InChI is InChI=1S/C23H28N2O2/c1-14(2)20-18-10-8-9-11-19(18)25(22(26)27-23(5,6)7)21(20)17-12-15(3)24-16(4)13-17/h8-14H,1-7H3. The van der Waals surface area contributed by atoms with Gasteiger partial charge in [-0.25, -0.2) is 9.36 Å². The fraction of sp³-hybridized carbons (Fsp3) is 0.391. The van der Waals surface area contributed by atoms with Crippen LogP contribution in [-0.2, 0) is 4.74 Å². The summed E-state index contributed by atoms with van der Waals surface area (Å²) in [7, 11) is 0. The molecule has 0 radical (unpaired) electrons. The highest BCUT2D eigenvalue weighted by Crippen LogP contribution is 2.39. The van der Waals surface area contributed by atoms with Crippen molar-refractivity contribution in [2.45, 2.75) is 60.0 Å². The molecular formula is C23H28N2O2. The van der Waals surface area contributed by atoms with Crippen molar-refractivity contribution in [3.63, 3.8) is 0 Å². The molecule has 0 aliphatic heterocycles. The summed E-state index contributed by atoms with van der Waals surface area (Å²) in [6.07, 6.45) is -0.354. The molecule has 4 heteroatoms. The molecule has 0 spiro atoms. The van der Waals surface area contributed by atoms with Crippen LogP contribution in [0.3, 0.4) is 0 Å². The Kier molecular flexibility index (Phi) is 4.85. The molecule has 0 aliphatic carbocycles. The van der Waals surface area contributed by atoms with E-state index in [9.17, 15) is 4.79 Å². The zero-order valence-corrected chi connectivity index (χ0v) is 17.3. The minimum Gasteiger partial charge on any atom is -0.443 e. The van der Waals surface area contributed by atoms with E-state index in [0.29, 0.717) is 0 Å². The quantitative estimate of drug-likeness (QED) is 0.541. The maximum absolute atomic E-state index is 13.2. The van der Waals surface area contributed by atoms with Crippen LogP contribution in [0.15, 0.2) is 36.4 Å². The first-order valence-corrected chi connectivity index (χ1v) is 9.41. The summed E-state index contributed by atoms with van der Waals surface area (Å²) in [6.45, 7) is 13.9. The van der Waals surface area contributed by atoms with Gasteiger partial charge in [0.15, 0.2) is 0 Å². The number of benzene rings is 1. The van der Waals surface area contributed by atoms with E-state index in [2.05, 4.69) is 24.9 Å². The van der Waals surface area contributed by atoms with Crippen molar-refractivity contribution in [1.29, 1.82) is 0 Å². The summed E-state index contributed by atoms with van der Waals surface area (Å²) in [6, 6.07) is 12.1.